The first-order valence-electron chi connectivity index (χ1n) is 9.34. The first kappa shape index (κ1) is 22.0. The fourth-order valence-corrected chi connectivity index (χ4v) is 2.33. The summed E-state index contributed by atoms with van der Waals surface area (Å²) in [5, 5.41) is 6.56. The van der Waals surface area contributed by atoms with Gasteiger partial charge in [-0.05, 0) is 37.0 Å². The average Bonchev–Trinajstić information content (AvgIpc) is 2.60. The van der Waals surface area contributed by atoms with Gasteiger partial charge in [-0.15, -0.1) is 0 Å². The summed E-state index contributed by atoms with van der Waals surface area (Å²) in [6, 6.07) is 7.77. The highest BCUT2D eigenvalue weighted by molar-refractivity contribution is 5.94. The summed E-state index contributed by atoms with van der Waals surface area (Å²) < 4.78 is 5.55. The monoisotopic (exact) mass is 362 g/mol. The maximum absolute atomic E-state index is 12.0. The lowest BCUT2D eigenvalue weighted by Gasteiger charge is -2.13. The lowest BCUT2D eigenvalue weighted by molar-refractivity contribution is 0.0827. The normalized spacial score (nSPS) is 11.5. The molecule has 0 unspecified atom stereocenters. The lowest BCUT2D eigenvalue weighted by Crippen LogP contribution is -2.38. The van der Waals surface area contributed by atoms with Crippen molar-refractivity contribution < 1.29 is 9.53 Å². The second-order valence-corrected chi connectivity index (χ2v) is 6.81. The van der Waals surface area contributed by atoms with E-state index in [1.807, 2.05) is 31.2 Å². The molecule has 0 aliphatic carbocycles. The zero-order valence-electron chi connectivity index (χ0n) is 16.8. The number of aliphatic imine (C=N–C) groups is 1. The highest BCUT2D eigenvalue weighted by Crippen LogP contribution is 2.07. The van der Waals surface area contributed by atoms with Gasteiger partial charge in [0.2, 0.25) is 0 Å². The van der Waals surface area contributed by atoms with Crippen LogP contribution in [0.15, 0.2) is 29.3 Å². The minimum atomic E-state index is 0.0242. The molecule has 0 fully saturated rings. The molecule has 26 heavy (non-hydrogen) atoms. The van der Waals surface area contributed by atoms with Gasteiger partial charge in [-0.2, -0.15) is 0 Å². The Balaban J connectivity index is 2.47. The number of benzene rings is 1. The number of ether oxygens (including phenoxy) is 1. The second kappa shape index (κ2) is 12.3. The highest BCUT2D eigenvalue weighted by Gasteiger charge is 2.08. The lowest BCUT2D eigenvalue weighted by atomic mass is 10.1. The first-order valence-corrected chi connectivity index (χ1v) is 9.34. The molecule has 2 N–H and O–H groups in total. The van der Waals surface area contributed by atoms with Crippen molar-refractivity contribution in [2.45, 2.75) is 27.2 Å². The Hall–Kier alpha value is -2.08. The molecule has 0 saturated carbocycles. The third kappa shape index (κ3) is 8.85. The smallest absolute Gasteiger partial charge is 0.253 e. The zero-order valence-corrected chi connectivity index (χ0v) is 16.8. The van der Waals surface area contributed by atoms with Gasteiger partial charge < -0.3 is 20.3 Å². The third-order valence-electron chi connectivity index (χ3n) is 3.59. The summed E-state index contributed by atoms with van der Waals surface area (Å²) in [5.74, 6) is 1.36. The van der Waals surface area contributed by atoms with Crippen LogP contribution in [0.2, 0.25) is 0 Å². The maximum atomic E-state index is 12.0. The molecule has 0 spiro atoms. The van der Waals surface area contributed by atoms with Gasteiger partial charge in [0.05, 0.1) is 13.2 Å². The van der Waals surface area contributed by atoms with E-state index in [9.17, 15) is 4.79 Å². The van der Waals surface area contributed by atoms with Crippen molar-refractivity contribution in [3.8, 4) is 0 Å². The molecule has 1 amide bonds. The summed E-state index contributed by atoms with van der Waals surface area (Å²) >= 11 is 0. The molecule has 1 aromatic carbocycles. The average molecular weight is 363 g/mol. The molecule has 0 aliphatic rings. The molecule has 1 rings (SSSR count). The van der Waals surface area contributed by atoms with E-state index in [0.29, 0.717) is 19.1 Å². The number of rotatable bonds is 10. The molecule has 0 bridgehead atoms. The van der Waals surface area contributed by atoms with Gasteiger partial charge in [-0.3, -0.25) is 9.79 Å². The number of nitrogens with one attached hydrogen (secondary N) is 2. The molecule has 6 heteroatoms. The van der Waals surface area contributed by atoms with Crippen LogP contribution < -0.4 is 10.6 Å². The Labute approximate surface area is 158 Å². The van der Waals surface area contributed by atoms with Crippen molar-refractivity contribution >= 4 is 11.9 Å². The molecule has 0 aromatic heterocycles. The molecule has 0 aliphatic heterocycles. The predicted molar refractivity (Wildman–Crippen MR) is 108 cm³/mol. The summed E-state index contributed by atoms with van der Waals surface area (Å²) in [7, 11) is 3.53. The van der Waals surface area contributed by atoms with Crippen LogP contribution in [-0.2, 0) is 11.2 Å². The van der Waals surface area contributed by atoms with Crippen LogP contribution in [0, 0.1) is 5.92 Å². The molecule has 6 nitrogen and oxygen atoms in total. The van der Waals surface area contributed by atoms with Crippen LogP contribution in [0.4, 0.5) is 0 Å². The van der Waals surface area contributed by atoms with Crippen LogP contribution in [-0.4, -0.2) is 63.7 Å². The van der Waals surface area contributed by atoms with Gasteiger partial charge >= 0.3 is 0 Å². The van der Waals surface area contributed by atoms with Crippen LogP contribution >= 0.6 is 0 Å². The Kier molecular flexibility index (Phi) is 10.4. The van der Waals surface area contributed by atoms with E-state index < -0.39 is 0 Å². The molecule has 0 saturated heterocycles. The van der Waals surface area contributed by atoms with Crippen molar-refractivity contribution in [3.05, 3.63) is 35.4 Å². The Morgan fingerprint density at radius 3 is 2.69 bits per heavy atom. The van der Waals surface area contributed by atoms with Crippen molar-refractivity contribution in [3.63, 3.8) is 0 Å². The SMILES string of the molecule is CCNC(=NCCOCC(C)C)NCCc1cccc(C(=O)N(C)C)c1. The molecular weight excluding hydrogens is 328 g/mol. The first-order chi connectivity index (χ1) is 12.4. The Morgan fingerprint density at radius 1 is 1.27 bits per heavy atom. The summed E-state index contributed by atoms with van der Waals surface area (Å²) in [4.78, 5) is 18.2. The fraction of sp³-hybridized carbons (Fsp3) is 0.600. The van der Waals surface area contributed by atoms with E-state index in [1.165, 1.54) is 0 Å². The van der Waals surface area contributed by atoms with Crippen molar-refractivity contribution in [1.29, 1.82) is 0 Å². The predicted octanol–water partition coefficient (Wildman–Crippen LogP) is 2.16. The summed E-state index contributed by atoms with van der Waals surface area (Å²) in [6.07, 6.45) is 0.822. The number of carbonyl (C=O) groups excluding carboxylic acids is 1. The second-order valence-electron chi connectivity index (χ2n) is 6.81. The molecule has 0 radical (unpaired) electrons. The Bertz CT molecular complexity index is 571. The summed E-state index contributed by atoms with van der Waals surface area (Å²) in [5.41, 5.74) is 1.84. The van der Waals surface area contributed by atoms with Crippen LogP contribution in [0.1, 0.15) is 36.7 Å². The minimum absolute atomic E-state index is 0.0242. The fourth-order valence-electron chi connectivity index (χ4n) is 2.33. The van der Waals surface area contributed by atoms with E-state index in [1.54, 1.807) is 19.0 Å². The van der Waals surface area contributed by atoms with Gasteiger partial charge in [0.1, 0.15) is 0 Å². The third-order valence-corrected chi connectivity index (χ3v) is 3.59. The van der Waals surface area contributed by atoms with E-state index in [2.05, 4.69) is 29.5 Å². The van der Waals surface area contributed by atoms with Crippen molar-refractivity contribution in [2.24, 2.45) is 10.9 Å². The van der Waals surface area contributed by atoms with E-state index in [-0.39, 0.29) is 5.91 Å². The number of carbonyl (C=O) groups is 1. The van der Waals surface area contributed by atoms with Crippen molar-refractivity contribution in [2.75, 3.05) is 46.9 Å². The van der Waals surface area contributed by atoms with Gasteiger partial charge in [-0.1, -0.05) is 26.0 Å². The number of hydrogen-bond donors (Lipinski definition) is 2. The van der Waals surface area contributed by atoms with E-state index >= 15 is 0 Å². The van der Waals surface area contributed by atoms with Gasteiger partial charge in [-0.25, -0.2) is 0 Å². The maximum Gasteiger partial charge on any atom is 0.253 e. The van der Waals surface area contributed by atoms with Gasteiger partial charge in [0, 0.05) is 39.4 Å². The van der Waals surface area contributed by atoms with Gasteiger partial charge in [0.25, 0.3) is 5.91 Å². The van der Waals surface area contributed by atoms with Crippen LogP contribution in [0.5, 0.6) is 0 Å². The standard InChI is InChI=1S/C20H34N4O2/c1-6-21-20(23-12-13-26-15-16(2)3)22-11-10-17-8-7-9-18(14-17)19(25)24(4)5/h7-9,14,16H,6,10-13,15H2,1-5H3,(H2,21,22,23). The summed E-state index contributed by atoms with van der Waals surface area (Å²) in [6.45, 7) is 9.90. The molecule has 0 atom stereocenters. The van der Waals surface area contributed by atoms with E-state index in [4.69, 9.17) is 4.74 Å². The number of nitrogens with zero attached hydrogens (tertiary/aromatic N) is 2. The quantitative estimate of drug-likeness (QED) is 0.380. The molecule has 1 aromatic rings. The number of hydrogen-bond acceptors (Lipinski definition) is 3. The van der Waals surface area contributed by atoms with Crippen LogP contribution in [0.3, 0.4) is 0 Å². The zero-order chi connectivity index (χ0) is 19.4. The molecular formula is C20H34N4O2. The molecule has 146 valence electrons. The topological polar surface area (TPSA) is 66.0 Å². The van der Waals surface area contributed by atoms with E-state index in [0.717, 1.165) is 43.2 Å². The van der Waals surface area contributed by atoms with Gasteiger partial charge in [0.15, 0.2) is 5.96 Å². The Morgan fingerprint density at radius 2 is 2.04 bits per heavy atom. The molecule has 0 heterocycles. The van der Waals surface area contributed by atoms with Crippen LogP contribution in [0.25, 0.3) is 0 Å². The number of guanidine groups is 1. The minimum Gasteiger partial charge on any atom is -0.379 e. The largest absolute Gasteiger partial charge is 0.379 e. The van der Waals surface area contributed by atoms with Crippen molar-refractivity contribution in [1.82, 2.24) is 15.5 Å². The number of amides is 1. The highest BCUT2D eigenvalue weighted by atomic mass is 16.5.